The molecule has 0 spiro atoms. The average Bonchev–Trinajstić information content (AvgIpc) is 2.48. The average molecular weight is 410 g/mol. The number of thioether (sulfide) groups is 1. The third-order valence-corrected chi connectivity index (χ3v) is 5.12. The molecule has 1 aromatic rings. The van der Waals surface area contributed by atoms with Crippen LogP contribution < -0.4 is 10.1 Å². The summed E-state index contributed by atoms with van der Waals surface area (Å²) in [6.45, 7) is 1.55. The Kier molecular flexibility index (Phi) is 8.61. The van der Waals surface area contributed by atoms with E-state index in [0.717, 1.165) is 33.8 Å². The largest absolute Gasteiger partial charge is 0.496 e. The van der Waals surface area contributed by atoms with Gasteiger partial charge in [-0.05, 0) is 18.2 Å². The summed E-state index contributed by atoms with van der Waals surface area (Å²) in [5.74, 6) is 3.12. The highest BCUT2D eigenvalue weighted by atomic mass is 79.9. The fourth-order valence-electron chi connectivity index (χ4n) is 2.33. The van der Waals surface area contributed by atoms with E-state index in [2.05, 4.69) is 21.2 Å². The lowest BCUT2D eigenvalue weighted by molar-refractivity contribution is -0.130. The van der Waals surface area contributed by atoms with E-state index in [1.165, 1.54) is 0 Å². The molecule has 1 atom stereocenters. The SMILES string of the molecule is COc1ccc(Br)cc1CN(C)C(=O)CC1CSCCN1.Cl. The number of carbonyl (C=O) groups excluding carboxylic acids is 1. The fourth-order valence-corrected chi connectivity index (χ4v) is 3.69. The van der Waals surface area contributed by atoms with E-state index in [1.807, 2.05) is 37.0 Å². The van der Waals surface area contributed by atoms with E-state index in [9.17, 15) is 4.79 Å². The van der Waals surface area contributed by atoms with E-state index < -0.39 is 0 Å². The van der Waals surface area contributed by atoms with Crippen molar-refractivity contribution in [1.29, 1.82) is 0 Å². The van der Waals surface area contributed by atoms with Gasteiger partial charge < -0.3 is 15.0 Å². The Balaban J connectivity index is 0.00000242. The highest BCUT2D eigenvalue weighted by Crippen LogP contribution is 2.24. The van der Waals surface area contributed by atoms with Crippen molar-refractivity contribution in [3.8, 4) is 5.75 Å². The molecule has 1 aromatic carbocycles. The predicted octanol–water partition coefficient (Wildman–Crippen LogP) is 2.93. The molecule has 124 valence electrons. The molecule has 0 aromatic heterocycles. The number of benzene rings is 1. The normalized spacial score (nSPS) is 17.5. The quantitative estimate of drug-likeness (QED) is 0.812. The number of nitrogens with one attached hydrogen (secondary N) is 1. The monoisotopic (exact) mass is 408 g/mol. The van der Waals surface area contributed by atoms with Gasteiger partial charge in [0.05, 0.1) is 7.11 Å². The summed E-state index contributed by atoms with van der Waals surface area (Å²) in [5, 5.41) is 3.40. The van der Waals surface area contributed by atoms with Gasteiger partial charge in [-0.1, -0.05) is 15.9 Å². The summed E-state index contributed by atoms with van der Waals surface area (Å²) in [6, 6.07) is 6.14. The highest BCUT2D eigenvalue weighted by Gasteiger charge is 2.19. The van der Waals surface area contributed by atoms with Gasteiger partial charge in [0.15, 0.2) is 0 Å². The third kappa shape index (κ3) is 5.65. The number of carbonyl (C=O) groups is 1. The molecule has 22 heavy (non-hydrogen) atoms. The molecule has 1 aliphatic rings. The van der Waals surface area contributed by atoms with Crippen molar-refractivity contribution in [3.63, 3.8) is 0 Å². The molecule has 1 amide bonds. The van der Waals surface area contributed by atoms with Crippen LogP contribution in [0.4, 0.5) is 0 Å². The maximum absolute atomic E-state index is 12.3. The van der Waals surface area contributed by atoms with Crippen LogP contribution in [0.15, 0.2) is 22.7 Å². The first-order chi connectivity index (χ1) is 10.1. The van der Waals surface area contributed by atoms with Crippen molar-refractivity contribution >= 4 is 46.0 Å². The van der Waals surface area contributed by atoms with Gasteiger partial charge in [-0.25, -0.2) is 0 Å². The number of rotatable bonds is 5. The zero-order valence-electron chi connectivity index (χ0n) is 12.8. The molecule has 0 aliphatic carbocycles. The van der Waals surface area contributed by atoms with Crippen molar-refractivity contribution in [2.24, 2.45) is 0 Å². The zero-order chi connectivity index (χ0) is 15.2. The minimum atomic E-state index is 0. The Morgan fingerprint density at radius 3 is 2.95 bits per heavy atom. The van der Waals surface area contributed by atoms with Crippen LogP contribution in [0.1, 0.15) is 12.0 Å². The molecule has 1 fully saturated rings. The Morgan fingerprint density at radius 2 is 2.32 bits per heavy atom. The van der Waals surface area contributed by atoms with Gasteiger partial charge in [-0.2, -0.15) is 11.8 Å². The molecule has 1 unspecified atom stereocenters. The summed E-state index contributed by atoms with van der Waals surface area (Å²) in [6.07, 6.45) is 0.555. The first-order valence-corrected chi connectivity index (χ1v) is 8.92. The number of halogens is 2. The second kappa shape index (κ2) is 9.65. The van der Waals surface area contributed by atoms with Crippen LogP contribution >= 0.6 is 40.1 Å². The lowest BCUT2D eigenvalue weighted by Gasteiger charge is -2.25. The maximum atomic E-state index is 12.3. The van der Waals surface area contributed by atoms with Gasteiger partial charge in [0.2, 0.25) is 5.91 Å². The number of nitrogens with zero attached hydrogens (tertiary/aromatic N) is 1. The van der Waals surface area contributed by atoms with Gasteiger partial charge >= 0.3 is 0 Å². The van der Waals surface area contributed by atoms with Crippen molar-refractivity contribution in [1.82, 2.24) is 10.2 Å². The van der Waals surface area contributed by atoms with Crippen molar-refractivity contribution in [2.75, 3.05) is 32.2 Å². The van der Waals surface area contributed by atoms with Gasteiger partial charge in [0.1, 0.15) is 5.75 Å². The molecule has 0 saturated carbocycles. The number of hydrogen-bond acceptors (Lipinski definition) is 4. The molecule has 4 nitrogen and oxygen atoms in total. The van der Waals surface area contributed by atoms with E-state index in [4.69, 9.17) is 4.74 Å². The van der Waals surface area contributed by atoms with Crippen LogP contribution in [-0.4, -0.2) is 49.1 Å². The van der Waals surface area contributed by atoms with Gasteiger partial charge in [0, 0.05) is 54.1 Å². The smallest absolute Gasteiger partial charge is 0.224 e. The van der Waals surface area contributed by atoms with E-state index in [1.54, 1.807) is 12.0 Å². The Bertz CT molecular complexity index is 498. The molecule has 1 aliphatic heterocycles. The third-order valence-electron chi connectivity index (χ3n) is 3.50. The lowest BCUT2D eigenvalue weighted by atomic mass is 10.1. The lowest BCUT2D eigenvalue weighted by Crippen LogP contribution is -2.41. The second-order valence-corrected chi connectivity index (χ2v) is 7.20. The van der Waals surface area contributed by atoms with E-state index in [0.29, 0.717) is 19.0 Å². The van der Waals surface area contributed by atoms with Crippen LogP contribution in [0.5, 0.6) is 5.75 Å². The minimum Gasteiger partial charge on any atom is -0.496 e. The molecule has 2 rings (SSSR count). The summed E-state index contributed by atoms with van der Waals surface area (Å²) in [7, 11) is 3.50. The summed E-state index contributed by atoms with van der Waals surface area (Å²) in [4.78, 5) is 14.1. The minimum absolute atomic E-state index is 0. The number of amides is 1. The summed E-state index contributed by atoms with van der Waals surface area (Å²) >= 11 is 5.37. The van der Waals surface area contributed by atoms with Crippen LogP contribution in [0, 0.1) is 0 Å². The Labute approximate surface area is 150 Å². The summed E-state index contributed by atoms with van der Waals surface area (Å²) in [5.41, 5.74) is 1.01. The first kappa shape index (κ1) is 19.6. The van der Waals surface area contributed by atoms with Crippen LogP contribution in [-0.2, 0) is 11.3 Å². The molecule has 1 heterocycles. The fraction of sp³-hybridized carbons (Fsp3) is 0.533. The topological polar surface area (TPSA) is 41.6 Å². The highest BCUT2D eigenvalue weighted by molar-refractivity contribution is 9.10. The maximum Gasteiger partial charge on any atom is 0.224 e. The predicted molar refractivity (Wildman–Crippen MR) is 98.1 cm³/mol. The van der Waals surface area contributed by atoms with Crippen LogP contribution in [0.3, 0.4) is 0 Å². The number of ether oxygens (including phenoxy) is 1. The van der Waals surface area contributed by atoms with E-state index >= 15 is 0 Å². The molecule has 7 heteroatoms. The molecule has 1 N–H and O–H groups in total. The molecule has 0 bridgehead atoms. The van der Waals surface area contributed by atoms with Crippen LogP contribution in [0.25, 0.3) is 0 Å². The number of hydrogen-bond donors (Lipinski definition) is 1. The van der Waals surface area contributed by atoms with Gasteiger partial charge in [-0.15, -0.1) is 12.4 Å². The van der Waals surface area contributed by atoms with Crippen molar-refractivity contribution in [2.45, 2.75) is 19.0 Å². The standard InChI is InChI=1S/C15H21BrN2O2S.ClH/c1-18(15(19)8-13-10-21-6-5-17-13)9-11-7-12(16)3-4-14(11)20-2;/h3-4,7,13,17H,5-6,8-10H2,1-2H3;1H. The van der Waals surface area contributed by atoms with Crippen molar-refractivity contribution < 1.29 is 9.53 Å². The van der Waals surface area contributed by atoms with Gasteiger partial charge in [0.25, 0.3) is 0 Å². The van der Waals surface area contributed by atoms with Crippen molar-refractivity contribution in [3.05, 3.63) is 28.2 Å². The van der Waals surface area contributed by atoms with E-state index in [-0.39, 0.29) is 18.3 Å². The zero-order valence-corrected chi connectivity index (χ0v) is 16.0. The van der Waals surface area contributed by atoms with Gasteiger partial charge in [-0.3, -0.25) is 4.79 Å². The summed E-state index contributed by atoms with van der Waals surface area (Å²) < 4.78 is 6.35. The second-order valence-electron chi connectivity index (χ2n) is 5.14. The Morgan fingerprint density at radius 1 is 1.55 bits per heavy atom. The Hall–Kier alpha value is -0.430. The molecule has 1 saturated heterocycles. The molecular formula is C15H22BrClN2O2S. The number of methoxy groups -OCH3 is 1. The van der Waals surface area contributed by atoms with Crippen LogP contribution in [0.2, 0.25) is 0 Å². The first-order valence-electron chi connectivity index (χ1n) is 6.97. The molecule has 0 radical (unpaired) electrons. The molecular weight excluding hydrogens is 388 g/mol.